The lowest BCUT2D eigenvalue weighted by Gasteiger charge is -2.32. The molecule has 2 rings (SSSR count). The summed E-state index contributed by atoms with van der Waals surface area (Å²) in [4.78, 5) is 25.3. The first-order chi connectivity index (χ1) is 11.5. The zero-order valence-electron chi connectivity index (χ0n) is 14.4. The van der Waals surface area contributed by atoms with Gasteiger partial charge in [-0.3, -0.25) is 14.9 Å². The molecule has 1 aromatic rings. The Kier molecular flexibility index (Phi) is 7.92. The van der Waals surface area contributed by atoms with Gasteiger partial charge in [-0.2, -0.15) is 0 Å². The molecule has 1 fully saturated rings. The zero-order valence-corrected chi connectivity index (χ0v) is 15.2. The molecule has 1 aliphatic rings. The number of nitrogens with two attached hydrogens (primary N) is 1. The third-order valence-corrected chi connectivity index (χ3v) is 4.31. The maximum atomic E-state index is 12.8. The predicted octanol–water partition coefficient (Wildman–Crippen LogP) is 2.23. The maximum Gasteiger partial charge on any atom is 0.286 e. The molecule has 0 bridgehead atoms. The van der Waals surface area contributed by atoms with Gasteiger partial charge in [-0.15, -0.1) is 12.4 Å². The predicted molar refractivity (Wildman–Crippen MR) is 95.7 cm³/mol. The van der Waals surface area contributed by atoms with E-state index in [1.807, 2.05) is 0 Å². The number of hydrogen-bond donors (Lipinski definition) is 1. The number of halogens is 1. The minimum absolute atomic E-state index is 0. The second-order valence-electron chi connectivity index (χ2n) is 5.82. The van der Waals surface area contributed by atoms with Crippen molar-refractivity contribution in [2.24, 2.45) is 11.7 Å². The lowest BCUT2D eigenvalue weighted by atomic mass is 9.94. The number of carbonyl (C=O) groups is 1. The van der Waals surface area contributed by atoms with E-state index >= 15 is 0 Å². The molecule has 0 aromatic heterocycles. The Morgan fingerprint density at radius 2 is 2.00 bits per heavy atom. The van der Waals surface area contributed by atoms with Crippen molar-refractivity contribution in [3.8, 4) is 11.5 Å². The first-order valence-electron chi connectivity index (χ1n) is 7.91. The normalized spacial score (nSPS) is 16.8. The van der Waals surface area contributed by atoms with Crippen molar-refractivity contribution in [2.75, 3.05) is 33.9 Å². The van der Waals surface area contributed by atoms with Gasteiger partial charge in [0.25, 0.3) is 11.6 Å². The Morgan fingerprint density at radius 1 is 1.36 bits per heavy atom. The number of nitro benzene ring substituents is 1. The van der Waals surface area contributed by atoms with Crippen LogP contribution >= 0.6 is 12.4 Å². The molecule has 1 aliphatic heterocycles. The summed E-state index contributed by atoms with van der Waals surface area (Å²) in [5, 5.41) is 11.4. The molecular formula is C16H24ClN3O5. The second kappa shape index (κ2) is 9.43. The summed E-state index contributed by atoms with van der Waals surface area (Å²) in [7, 11) is 2.82. The highest BCUT2D eigenvalue weighted by atomic mass is 35.5. The van der Waals surface area contributed by atoms with Crippen molar-refractivity contribution in [1.29, 1.82) is 0 Å². The van der Waals surface area contributed by atoms with Crippen molar-refractivity contribution < 1.29 is 19.2 Å². The minimum Gasteiger partial charge on any atom is -0.493 e. The van der Waals surface area contributed by atoms with Gasteiger partial charge >= 0.3 is 0 Å². The van der Waals surface area contributed by atoms with Crippen molar-refractivity contribution in [3.63, 3.8) is 0 Å². The van der Waals surface area contributed by atoms with Gasteiger partial charge in [0.2, 0.25) is 0 Å². The van der Waals surface area contributed by atoms with Crippen LogP contribution in [0.3, 0.4) is 0 Å². The van der Waals surface area contributed by atoms with Crippen LogP contribution in [0.2, 0.25) is 0 Å². The zero-order chi connectivity index (χ0) is 17.7. The third-order valence-electron chi connectivity index (χ3n) is 4.31. The number of carbonyl (C=O) groups excluding carboxylic acids is 1. The molecule has 1 heterocycles. The number of nitrogens with zero attached hydrogens (tertiary/aromatic N) is 2. The van der Waals surface area contributed by atoms with E-state index in [0.29, 0.717) is 31.3 Å². The highest BCUT2D eigenvalue weighted by Gasteiger charge is 2.30. The molecule has 0 radical (unpaired) electrons. The Hall–Kier alpha value is -2.06. The minimum atomic E-state index is -0.573. The summed E-state index contributed by atoms with van der Waals surface area (Å²) >= 11 is 0. The molecule has 1 atom stereocenters. The van der Waals surface area contributed by atoms with Gasteiger partial charge in [-0.1, -0.05) is 0 Å². The summed E-state index contributed by atoms with van der Waals surface area (Å²) in [6.45, 7) is 1.73. The molecule has 9 heteroatoms. The van der Waals surface area contributed by atoms with Crippen LogP contribution in [-0.4, -0.2) is 49.6 Å². The lowest BCUT2D eigenvalue weighted by Crippen LogP contribution is -2.40. The van der Waals surface area contributed by atoms with Crippen LogP contribution in [0.25, 0.3) is 0 Å². The summed E-state index contributed by atoms with van der Waals surface area (Å²) in [5.41, 5.74) is 5.34. The fraction of sp³-hybridized carbons (Fsp3) is 0.562. The standard InChI is InChI=1S/C16H23N3O5.ClH/c1-23-14-8-12(13(19(21)22)9-15(14)24-2)16(20)18-7-3-4-11(10-18)5-6-17;/h8-9,11H,3-7,10,17H2,1-2H3;1H. The van der Waals surface area contributed by atoms with Crippen LogP contribution in [0.1, 0.15) is 29.6 Å². The molecule has 1 amide bonds. The van der Waals surface area contributed by atoms with Crippen LogP contribution in [0.15, 0.2) is 12.1 Å². The molecule has 1 aromatic carbocycles. The van der Waals surface area contributed by atoms with E-state index in [2.05, 4.69) is 0 Å². The lowest BCUT2D eigenvalue weighted by molar-refractivity contribution is -0.385. The van der Waals surface area contributed by atoms with E-state index in [0.717, 1.165) is 19.3 Å². The third kappa shape index (κ3) is 4.73. The smallest absolute Gasteiger partial charge is 0.286 e. The van der Waals surface area contributed by atoms with Gasteiger partial charge in [0.1, 0.15) is 5.56 Å². The number of ether oxygens (including phenoxy) is 2. The van der Waals surface area contributed by atoms with Crippen LogP contribution in [-0.2, 0) is 0 Å². The monoisotopic (exact) mass is 373 g/mol. The van der Waals surface area contributed by atoms with E-state index in [1.54, 1.807) is 4.90 Å². The fourth-order valence-corrected chi connectivity index (χ4v) is 3.08. The highest BCUT2D eigenvalue weighted by molar-refractivity contribution is 5.99. The number of methoxy groups -OCH3 is 2. The Morgan fingerprint density at radius 3 is 2.56 bits per heavy atom. The number of likely N-dealkylation sites (tertiary alicyclic amines) is 1. The maximum absolute atomic E-state index is 12.8. The van der Waals surface area contributed by atoms with Gasteiger partial charge in [0.05, 0.1) is 25.2 Å². The topological polar surface area (TPSA) is 108 Å². The summed E-state index contributed by atoms with van der Waals surface area (Å²) in [6.07, 6.45) is 2.74. The van der Waals surface area contributed by atoms with Crippen molar-refractivity contribution in [3.05, 3.63) is 27.8 Å². The first kappa shape index (κ1) is 21.0. The highest BCUT2D eigenvalue weighted by Crippen LogP contribution is 2.35. The van der Waals surface area contributed by atoms with Crippen molar-refractivity contribution >= 4 is 24.0 Å². The van der Waals surface area contributed by atoms with E-state index in [-0.39, 0.29) is 35.3 Å². The SMILES string of the molecule is COc1cc(C(=O)N2CCCC(CCN)C2)c([N+](=O)[O-])cc1OC.Cl. The molecule has 0 aliphatic carbocycles. The molecule has 25 heavy (non-hydrogen) atoms. The van der Waals surface area contributed by atoms with E-state index < -0.39 is 4.92 Å². The van der Waals surface area contributed by atoms with Gasteiger partial charge in [0, 0.05) is 19.2 Å². The molecule has 140 valence electrons. The number of piperidine rings is 1. The quantitative estimate of drug-likeness (QED) is 0.605. The van der Waals surface area contributed by atoms with E-state index in [1.165, 1.54) is 26.4 Å². The average molecular weight is 374 g/mol. The molecule has 1 unspecified atom stereocenters. The number of amides is 1. The molecule has 0 spiro atoms. The average Bonchev–Trinajstić information content (AvgIpc) is 2.60. The second-order valence-corrected chi connectivity index (χ2v) is 5.82. The molecule has 0 saturated carbocycles. The summed E-state index contributed by atoms with van der Waals surface area (Å²) in [6, 6.07) is 2.61. The largest absolute Gasteiger partial charge is 0.493 e. The van der Waals surface area contributed by atoms with Gasteiger partial charge in [-0.05, 0) is 31.7 Å². The Bertz CT molecular complexity index is 624. The molecular weight excluding hydrogens is 350 g/mol. The van der Waals surface area contributed by atoms with Crippen LogP contribution in [0.5, 0.6) is 11.5 Å². The number of hydrogen-bond acceptors (Lipinski definition) is 6. The van der Waals surface area contributed by atoms with E-state index in [9.17, 15) is 14.9 Å². The first-order valence-corrected chi connectivity index (χ1v) is 7.91. The molecule has 1 saturated heterocycles. The Labute approximate surface area is 152 Å². The molecule has 2 N–H and O–H groups in total. The Balaban J connectivity index is 0.00000312. The van der Waals surface area contributed by atoms with Gasteiger partial charge in [0.15, 0.2) is 11.5 Å². The number of rotatable bonds is 6. The number of benzene rings is 1. The van der Waals surface area contributed by atoms with Crippen LogP contribution < -0.4 is 15.2 Å². The van der Waals surface area contributed by atoms with Gasteiger partial charge in [-0.25, -0.2) is 0 Å². The number of nitro groups is 1. The van der Waals surface area contributed by atoms with Gasteiger partial charge < -0.3 is 20.1 Å². The fourth-order valence-electron chi connectivity index (χ4n) is 3.08. The van der Waals surface area contributed by atoms with Crippen molar-refractivity contribution in [1.82, 2.24) is 4.90 Å². The van der Waals surface area contributed by atoms with Crippen LogP contribution in [0.4, 0.5) is 5.69 Å². The van der Waals surface area contributed by atoms with Crippen molar-refractivity contribution in [2.45, 2.75) is 19.3 Å². The van der Waals surface area contributed by atoms with Crippen LogP contribution in [0, 0.1) is 16.0 Å². The molecule has 8 nitrogen and oxygen atoms in total. The van der Waals surface area contributed by atoms with E-state index in [4.69, 9.17) is 15.2 Å². The summed E-state index contributed by atoms with van der Waals surface area (Å²) < 4.78 is 10.3. The summed E-state index contributed by atoms with van der Waals surface area (Å²) in [5.74, 6) is 0.499.